The van der Waals surface area contributed by atoms with Crippen LogP contribution in [0.2, 0.25) is 0 Å². The van der Waals surface area contributed by atoms with Crippen LogP contribution in [0.25, 0.3) is 0 Å². The first-order valence-corrected chi connectivity index (χ1v) is 5.80. The van der Waals surface area contributed by atoms with Gasteiger partial charge in [-0.2, -0.15) is 0 Å². The first kappa shape index (κ1) is 10.9. The van der Waals surface area contributed by atoms with Gasteiger partial charge >= 0.3 is 0 Å². The van der Waals surface area contributed by atoms with Crippen molar-refractivity contribution in [2.75, 3.05) is 30.9 Å². The lowest BCUT2D eigenvalue weighted by Gasteiger charge is -2.12. The molecule has 2 aromatic heterocycles. The zero-order valence-electron chi connectivity index (χ0n) is 9.85. The number of nitrogens with zero attached hydrogens (tertiary/aromatic N) is 4. The van der Waals surface area contributed by atoms with Gasteiger partial charge in [-0.25, -0.2) is 0 Å². The Hall–Kier alpha value is -1.56. The highest BCUT2D eigenvalue weighted by Gasteiger charge is 2.11. The van der Waals surface area contributed by atoms with Gasteiger partial charge in [-0.15, -0.1) is 21.5 Å². The Morgan fingerprint density at radius 3 is 2.31 bits per heavy atom. The number of thiophene rings is 1. The van der Waals surface area contributed by atoms with E-state index in [0.717, 1.165) is 16.9 Å². The lowest BCUT2D eigenvalue weighted by molar-refractivity contribution is 0.995. The van der Waals surface area contributed by atoms with Crippen molar-refractivity contribution in [1.82, 2.24) is 15.2 Å². The molecule has 16 heavy (non-hydrogen) atoms. The average Bonchev–Trinajstić information content (AvgIpc) is 2.84. The summed E-state index contributed by atoms with van der Waals surface area (Å²) in [4.78, 5) is 8.33. The summed E-state index contributed by atoms with van der Waals surface area (Å²) in [5.41, 5.74) is 0. The largest absolute Gasteiger partial charge is 0.347 e. The third-order valence-electron chi connectivity index (χ3n) is 2.26. The van der Waals surface area contributed by atoms with Crippen LogP contribution in [0.3, 0.4) is 0 Å². The maximum Gasteiger partial charge on any atom is 0.230 e. The standard InChI is InChI=1S/C10H15N5S/c1-7-5-6-8(16-7)15(4)10-11-9(12-13-10)14(2)3/h5-6H,1-4H3,(H,11,12,13). The van der Waals surface area contributed by atoms with Gasteiger partial charge < -0.3 is 9.80 Å². The van der Waals surface area contributed by atoms with Crippen molar-refractivity contribution in [3.63, 3.8) is 0 Å². The van der Waals surface area contributed by atoms with E-state index >= 15 is 0 Å². The predicted octanol–water partition coefficient (Wildman–Crippen LogP) is 2.01. The Morgan fingerprint density at radius 1 is 1.12 bits per heavy atom. The van der Waals surface area contributed by atoms with Crippen LogP contribution >= 0.6 is 11.3 Å². The second-order valence-electron chi connectivity index (χ2n) is 3.81. The van der Waals surface area contributed by atoms with E-state index in [2.05, 4.69) is 34.2 Å². The highest BCUT2D eigenvalue weighted by molar-refractivity contribution is 7.16. The molecule has 2 heterocycles. The first-order valence-electron chi connectivity index (χ1n) is 4.98. The summed E-state index contributed by atoms with van der Waals surface area (Å²) < 4.78 is 0. The Balaban J connectivity index is 2.23. The Labute approximate surface area is 98.7 Å². The highest BCUT2D eigenvalue weighted by atomic mass is 32.1. The van der Waals surface area contributed by atoms with E-state index in [1.807, 2.05) is 30.9 Å². The molecule has 0 atom stereocenters. The molecule has 0 aliphatic heterocycles. The van der Waals surface area contributed by atoms with Gasteiger partial charge in [0.05, 0.1) is 5.00 Å². The quantitative estimate of drug-likeness (QED) is 0.887. The van der Waals surface area contributed by atoms with Crippen molar-refractivity contribution in [1.29, 1.82) is 0 Å². The molecule has 0 amide bonds. The maximum atomic E-state index is 4.11. The van der Waals surface area contributed by atoms with E-state index in [1.54, 1.807) is 11.3 Å². The number of hydrogen-bond acceptors (Lipinski definition) is 5. The summed E-state index contributed by atoms with van der Waals surface area (Å²) in [5, 5.41) is 9.31. The molecule has 0 bridgehead atoms. The summed E-state index contributed by atoms with van der Waals surface area (Å²) >= 11 is 1.73. The van der Waals surface area contributed by atoms with E-state index in [0.29, 0.717) is 0 Å². The van der Waals surface area contributed by atoms with Crippen molar-refractivity contribution >= 4 is 28.2 Å². The molecule has 86 valence electrons. The third kappa shape index (κ3) is 2.01. The summed E-state index contributed by atoms with van der Waals surface area (Å²) in [6, 6.07) is 4.18. The fourth-order valence-corrected chi connectivity index (χ4v) is 2.13. The summed E-state index contributed by atoms with van der Waals surface area (Å²) in [7, 11) is 5.84. The first-order chi connectivity index (χ1) is 7.58. The van der Waals surface area contributed by atoms with E-state index in [1.165, 1.54) is 4.88 Å². The summed E-state index contributed by atoms with van der Waals surface area (Å²) in [6.07, 6.45) is 0. The number of aromatic nitrogens is 3. The number of aryl methyl sites for hydroxylation is 1. The van der Waals surface area contributed by atoms with Gasteiger partial charge in [-0.3, -0.25) is 4.98 Å². The van der Waals surface area contributed by atoms with Gasteiger partial charge in [-0.1, -0.05) is 0 Å². The molecule has 0 saturated heterocycles. The minimum absolute atomic E-state index is 0.755. The second-order valence-corrected chi connectivity index (χ2v) is 5.08. The Kier molecular flexibility index (Phi) is 2.82. The van der Waals surface area contributed by atoms with Gasteiger partial charge in [0.15, 0.2) is 0 Å². The molecular formula is C10H15N5S. The zero-order chi connectivity index (χ0) is 11.7. The van der Waals surface area contributed by atoms with Crippen LogP contribution in [-0.4, -0.2) is 36.3 Å². The second kappa shape index (κ2) is 4.13. The zero-order valence-corrected chi connectivity index (χ0v) is 10.7. The summed E-state index contributed by atoms with van der Waals surface area (Å²) in [5.74, 6) is 1.51. The number of hydrogen-bond donors (Lipinski definition) is 1. The minimum atomic E-state index is 0.755. The molecule has 0 fully saturated rings. The van der Waals surface area contributed by atoms with Crippen LogP contribution in [0.1, 0.15) is 4.88 Å². The fourth-order valence-electron chi connectivity index (χ4n) is 1.30. The molecule has 0 aliphatic rings. The molecule has 1 N–H and O–H groups in total. The molecule has 0 saturated carbocycles. The lowest BCUT2D eigenvalue weighted by atomic mass is 10.5. The van der Waals surface area contributed by atoms with E-state index < -0.39 is 0 Å². The summed E-state index contributed by atoms with van der Waals surface area (Å²) in [6.45, 7) is 2.09. The molecule has 0 aromatic carbocycles. The lowest BCUT2D eigenvalue weighted by Crippen LogP contribution is -2.12. The van der Waals surface area contributed by atoms with Crippen LogP contribution in [0.15, 0.2) is 12.1 Å². The van der Waals surface area contributed by atoms with Crippen LogP contribution in [-0.2, 0) is 0 Å². The van der Waals surface area contributed by atoms with Gasteiger partial charge in [0.2, 0.25) is 11.9 Å². The molecule has 0 radical (unpaired) electrons. The van der Waals surface area contributed by atoms with Crippen molar-refractivity contribution in [3.8, 4) is 0 Å². The Morgan fingerprint density at radius 2 is 1.81 bits per heavy atom. The number of rotatable bonds is 3. The van der Waals surface area contributed by atoms with Gasteiger partial charge in [0, 0.05) is 26.0 Å². The van der Waals surface area contributed by atoms with Gasteiger partial charge in [0.1, 0.15) is 0 Å². The fraction of sp³-hybridized carbons (Fsp3) is 0.400. The third-order valence-corrected chi connectivity index (χ3v) is 3.34. The van der Waals surface area contributed by atoms with E-state index in [-0.39, 0.29) is 0 Å². The average molecular weight is 237 g/mol. The molecule has 6 heteroatoms. The number of aromatic amines is 1. The van der Waals surface area contributed by atoms with Crippen molar-refractivity contribution in [2.24, 2.45) is 0 Å². The topological polar surface area (TPSA) is 48.1 Å². The monoisotopic (exact) mass is 237 g/mol. The molecular weight excluding hydrogens is 222 g/mol. The van der Waals surface area contributed by atoms with Crippen LogP contribution in [0.5, 0.6) is 0 Å². The minimum Gasteiger partial charge on any atom is -0.347 e. The Bertz CT molecular complexity index is 473. The SMILES string of the molecule is Cc1ccc(N(C)c2nnc(N(C)C)[nH]2)s1. The molecule has 5 nitrogen and oxygen atoms in total. The number of nitrogens with one attached hydrogen (secondary N) is 1. The molecule has 0 aliphatic carbocycles. The maximum absolute atomic E-state index is 4.11. The van der Waals surface area contributed by atoms with Gasteiger partial charge in [0.25, 0.3) is 0 Å². The number of H-pyrrole nitrogens is 1. The van der Waals surface area contributed by atoms with Crippen molar-refractivity contribution in [2.45, 2.75) is 6.92 Å². The van der Waals surface area contributed by atoms with E-state index in [4.69, 9.17) is 0 Å². The molecule has 0 unspecified atom stereocenters. The number of anilines is 3. The smallest absolute Gasteiger partial charge is 0.230 e. The normalized spacial score (nSPS) is 10.5. The van der Waals surface area contributed by atoms with Crippen molar-refractivity contribution < 1.29 is 0 Å². The van der Waals surface area contributed by atoms with Crippen LogP contribution < -0.4 is 9.80 Å². The highest BCUT2D eigenvalue weighted by Crippen LogP contribution is 2.28. The molecule has 0 spiro atoms. The van der Waals surface area contributed by atoms with Crippen LogP contribution in [0, 0.1) is 6.92 Å². The molecule has 2 rings (SSSR count). The predicted molar refractivity (Wildman–Crippen MR) is 67.8 cm³/mol. The van der Waals surface area contributed by atoms with Crippen LogP contribution in [0.4, 0.5) is 16.9 Å². The van der Waals surface area contributed by atoms with Crippen molar-refractivity contribution in [3.05, 3.63) is 17.0 Å². The van der Waals surface area contributed by atoms with E-state index in [9.17, 15) is 0 Å². The molecule has 2 aromatic rings. The van der Waals surface area contributed by atoms with Gasteiger partial charge in [-0.05, 0) is 19.1 Å².